The lowest BCUT2D eigenvalue weighted by molar-refractivity contribution is -0.137. The minimum absolute atomic E-state index is 0.00629. The molecule has 2 heterocycles. The molecule has 4 rings (SSSR count). The molecular formula is C20H14ClF3N6O2S. The Labute approximate surface area is 194 Å². The molecule has 0 fully saturated rings. The van der Waals surface area contributed by atoms with E-state index >= 15 is 0 Å². The van der Waals surface area contributed by atoms with Crippen molar-refractivity contribution in [2.24, 2.45) is 0 Å². The third kappa shape index (κ3) is 5.01. The van der Waals surface area contributed by atoms with Crippen LogP contribution in [0.1, 0.15) is 5.56 Å². The summed E-state index contributed by atoms with van der Waals surface area (Å²) in [4.78, 5) is 20.7. The van der Waals surface area contributed by atoms with Crippen LogP contribution < -0.4 is 10.1 Å². The molecule has 33 heavy (non-hydrogen) atoms. The van der Waals surface area contributed by atoms with Crippen LogP contribution in [-0.4, -0.2) is 43.7 Å². The highest BCUT2D eigenvalue weighted by Gasteiger charge is 2.31. The molecule has 0 saturated heterocycles. The number of amides is 1. The molecule has 13 heteroatoms. The number of halogens is 4. The van der Waals surface area contributed by atoms with Gasteiger partial charge in [-0.15, -0.1) is 5.10 Å². The highest BCUT2D eigenvalue weighted by molar-refractivity contribution is 8.00. The van der Waals surface area contributed by atoms with E-state index in [1.807, 2.05) is 0 Å². The van der Waals surface area contributed by atoms with Gasteiger partial charge in [0.05, 0.1) is 34.8 Å². The van der Waals surface area contributed by atoms with Crippen LogP contribution in [0.5, 0.6) is 5.75 Å². The van der Waals surface area contributed by atoms with Crippen LogP contribution in [0.4, 0.5) is 18.9 Å². The Morgan fingerprint density at radius 1 is 1.18 bits per heavy atom. The van der Waals surface area contributed by atoms with E-state index < -0.39 is 17.6 Å². The molecule has 0 unspecified atom stereocenters. The quantitative estimate of drug-likeness (QED) is 0.308. The lowest BCUT2D eigenvalue weighted by atomic mass is 10.2. The maximum atomic E-state index is 12.9. The molecule has 2 aromatic heterocycles. The van der Waals surface area contributed by atoms with Crippen LogP contribution in [0.25, 0.3) is 16.9 Å². The fourth-order valence-electron chi connectivity index (χ4n) is 2.85. The molecule has 0 radical (unpaired) electrons. The molecule has 0 atom stereocenters. The van der Waals surface area contributed by atoms with E-state index in [1.54, 1.807) is 31.4 Å². The van der Waals surface area contributed by atoms with Gasteiger partial charge in [0.15, 0.2) is 11.2 Å². The number of aromatic nitrogens is 5. The zero-order valence-corrected chi connectivity index (χ0v) is 18.4. The fraction of sp³-hybridized carbons (Fsp3) is 0.150. The van der Waals surface area contributed by atoms with E-state index in [9.17, 15) is 18.0 Å². The number of fused-ring (bicyclic) bond motifs is 1. The summed E-state index contributed by atoms with van der Waals surface area (Å²) in [7, 11) is 1.56. The average molecular weight is 495 g/mol. The normalized spacial score (nSPS) is 11.5. The second-order valence-corrected chi connectivity index (χ2v) is 7.95. The number of ether oxygens (including phenoxy) is 1. The Morgan fingerprint density at radius 3 is 2.64 bits per heavy atom. The molecule has 170 valence electrons. The summed E-state index contributed by atoms with van der Waals surface area (Å²) in [5, 5.41) is 11.0. The van der Waals surface area contributed by atoms with Gasteiger partial charge < -0.3 is 10.1 Å². The number of alkyl halides is 3. The van der Waals surface area contributed by atoms with E-state index in [0.717, 1.165) is 30.0 Å². The predicted octanol–water partition coefficient (Wildman–Crippen LogP) is 4.62. The van der Waals surface area contributed by atoms with Crippen LogP contribution in [0.2, 0.25) is 5.02 Å². The Hall–Kier alpha value is -3.38. The largest absolute Gasteiger partial charge is 0.497 e. The molecule has 0 aliphatic rings. The van der Waals surface area contributed by atoms with Crippen molar-refractivity contribution in [3.8, 4) is 11.4 Å². The first-order valence-corrected chi connectivity index (χ1v) is 10.6. The van der Waals surface area contributed by atoms with Crippen molar-refractivity contribution in [3.05, 3.63) is 59.4 Å². The van der Waals surface area contributed by atoms with Gasteiger partial charge in [-0.25, -0.2) is 9.97 Å². The van der Waals surface area contributed by atoms with Crippen molar-refractivity contribution in [1.82, 2.24) is 25.0 Å². The van der Waals surface area contributed by atoms with Crippen LogP contribution in [-0.2, 0) is 11.0 Å². The summed E-state index contributed by atoms with van der Waals surface area (Å²) in [6.45, 7) is 0. The second kappa shape index (κ2) is 9.24. The smallest absolute Gasteiger partial charge is 0.416 e. The molecule has 4 aromatic rings. The number of hydrogen-bond acceptors (Lipinski definition) is 7. The Balaban J connectivity index is 1.50. The summed E-state index contributed by atoms with van der Waals surface area (Å²) < 4.78 is 45.4. The minimum Gasteiger partial charge on any atom is -0.497 e. The van der Waals surface area contributed by atoms with Crippen molar-refractivity contribution in [1.29, 1.82) is 0 Å². The first-order valence-electron chi connectivity index (χ1n) is 9.26. The first-order chi connectivity index (χ1) is 15.8. The lowest BCUT2D eigenvalue weighted by Crippen LogP contribution is -2.15. The number of methoxy groups -OCH3 is 1. The van der Waals surface area contributed by atoms with Crippen LogP contribution in [0.15, 0.2) is 53.8 Å². The van der Waals surface area contributed by atoms with Crippen molar-refractivity contribution in [2.45, 2.75) is 11.2 Å². The SMILES string of the molecule is COc1ccc(-n2nnc3c(SCC(=O)Nc4cc(C(F)(F)F)ccc4Cl)ncnc32)cc1. The number of hydrogen-bond donors (Lipinski definition) is 1. The van der Waals surface area contributed by atoms with E-state index in [1.165, 1.54) is 11.0 Å². The topological polar surface area (TPSA) is 94.8 Å². The first kappa shape index (κ1) is 22.8. The zero-order valence-electron chi connectivity index (χ0n) is 16.8. The number of thioether (sulfide) groups is 1. The van der Waals surface area contributed by atoms with E-state index in [2.05, 4.69) is 25.6 Å². The van der Waals surface area contributed by atoms with Crippen LogP contribution >= 0.6 is 23.4 Å². The number of nitrogens with one attached hydrogen (secondary N) is 1. The van der Waals surface area contributed by atoms with Gasteiger partial charge in [-0.1, -0.05) is 28.6 Å². The highest BCUT2D eigenvalue weighted by Crippen LogP contribution is 2.34. The summed E-state index contributed by atoms with van der Waals surface area (Å²) in [6.07, 6.45) is -3.24. The standard InChI is InChI=1S/C20H14ClF3N6O2S/c1-32-13-5-3-12(4-6-13)30-18-17(28-29-30)19(26-10-25-18)33-9-16(31)27-15-8-11(20(22,23)24)2-7-14(15)21/h2-8,10H,9H2,1H3,(H,27,31). The number of carbonyl (C=O) groups is 1. The average Bonchev–Trinajstić information content (AvgIpc) is 3.23. The van der Waals surface area contributed by atoms with Gasteiger partial charge in [0, 0.05) is 0 Å². The summed E-state index contributed by atoms with van der Waals surface area (Å²) in [5.74, 6) is -0.0230. The molecule has 0 aliphatic heterocycles. The summed E-state index contributed by atoms with van der Waals surface area (Å²) >= 11 is 6.97. The Morgan fingerprint density at radius 2 is 1.94 bits per heavy atom. The van der Waals surface area contributed by atoms with Crippen molar-refractivity contribution in [3.63, 3.8) is 0 Å². The molecule has 0 aliphatic carbocycles. The predicted molar refractivity (Wildman–Crippen MR) is 117 cm³/mol. The van der Waals surface area contributed by atoms with Gasteiger partial charge in [0.25, 0.3) is 0 Å². The molecular weight excluding hydrogens is 481 g/mol. The van der Waals surface area contributed by atoms with Crippen LogP contribution in [0, 0.1) is 0 Å². The second-order valence-electron chi connectivity index (χ2n) is 6.58. The van der Waals surface area contributed by atoms with Gasteiger partial charge in [0.1, 0.15) is 17.1 Å². The number of carbonyl (C=O) groups excluding carboxylic acids is 1. The maximum Gasteiger partial charge on any atom is 0.416 e. The zero-order chi connectivity index (χ0) is 23.6. The summed E-state index contributed by atoms with van der Waals surface area (Å²) in [6, 6.07) is 9.82. The number of rotatable bonds is 6. The van der Waals surface area contributed by atoms with Gasteiger partial charge in [-0.05, 0) is 42.5 Å². The van der Waals surface area contributed by atoms with Gasteiger partial charge in [-0.2, -0.15) is 17.9 Å². The van der Waals surface area contributed by atoms with E-state index in [0.29, 0.717) is 27.6 Å². The highest BCUT2D eigenvalue weighted by atomic mass is 35.5. The molecule has 1 amide bonds. The molecule has 1 N–H and O–H groups in total. The monoisotopic (exact) mass is 494 g/mol. The number of benzene rings is 2. The minimum atomic E-state index is -4.55. The molecule has 8 nitrogen and oxygen atoms in total. The Bertz CT molecular complexity index is 1310. The maximum absolute atomic E-state index is 12.9. The van der Waals surface area contributed by atoms with E-state index in [4.69, 9.17) is 16.3 Å². The van der Waals surface area contributed by atoms with Crippen molar-refractivity contribution in [2.75, 3.05) is 18.2 Å². The summed E-state index contributed by atoms with van der Waals surface area (Å²) in [5.41, 5.74) is 0.463. The van der Waals surface area contributed by atoms with Crippen molar-refractivity contribution >= 4 is 46.1 Å². The van der Waals surface area contributed by atoms with Crippen molar-refractivity contribution < 1.29 is 22.7 Å². The van der Waals surface area contributed by atoms with E-state index in [-0.39, 0.29) is 16.5 Å². The number of nitrogens with zero attached hydrogens (tertiary/aromatic N) is 5. The van der Waals surface area contributed by atoms with Gasteiger partial charge in [0.2, 0.25) is 5.91 Å². The Kier molecular flexibility index (Phi) is 6.38. The number of anilines is 1. The third-order valence-corrected chi connectivity index (χ3v) is 5.74. The lowest BCUT2D eigenvalue weighted by Gasteiger charge is -2.11. The van der Waals surface area contributed by atoms with Crippen LogP contribution in [0.3, 0.4) is 0 Å². The molecule has 2 aromatic carbocycles. The fourth-order valence-corrected chi connectivity index (χ4v) is 3.74. The van der Waals surface area contributed by atoms with Gasteiger partial charge in [-0.3, -0.25) is 4.79 Å². The molecule has 0 spiro atoms. The third-order valence-electron chi connectivity index (χ3n) is 4.43. The van der Waals surface area contributed by atoms with Gasteiger partial charge >= 0.3 is 6.18 Å². The molecule has 0 bridgehead atoms. The molecule has 0 saturated carbocycles.